The summed E-state index contributed by atoms with van der Waals surface area (Å²) in [6, 6.07) is 2.93. The van der Waals surface area contributed by atoms with Crippen LogP contribution in [0.15, 0.2) is 15.9 Å². The molecule has 1 aliphatic heterocycles. The number of rotatable bonds is 3. The van der Waals surface area contributed by atoms with Crippen molar-refractivity contribution in [3.05, 3.63) is 20.8 Å². The fourth-order valence-corrected chi connectivity index (χ4v) is 4.46. The molecule has 1 aromatic heterocycles. The Balaban J connectivity index is 2.22. The maximum atomic E-state index is 6.44. The molecule has 2 heterocycles. The van der Waals surface area contributed by atoms with Gasteiger partial charge >= 0.3 is 0 Å². The van der Waals surface area contributed by atoms with Gasteiger partial charge in [-0.3, -0.25) is 4.90 Å². The minimum Gasteiger partial charge on any atom is -0.326 e. The van der Waals surface area contributed by atoms with Crippen LogP contribution in [-0.4, -0.2) is 24.0 Å². The van der Waals surface area contributed by atoms with Gasteiger partial charge in [0.2, 0.25) is 0 Å². The van der Waals surface area contributed by atoms with Crippen LogP contribution < -0.4 is 5.73 Å². The second kappa shape index (κ2) is 6.51. The van der Waals surface area contributed by atoms with Gasteiger partial charge in [-0.2, -0.15) is 0 Å². The fraction of sp³-hybridized carbons (Fsp3) is 0.714. The van der Waals surface area contributed by atoms with Crippen molar-refractivity contribution in [2.45, 2.75) is 45.2 Å². The Kier molecular flexibility index (Phi) is 5.24. The minimum absolute atomic E-state index is 0.275. The van der Waals surface area contributed by atoms with Crippen molar-refractivity contribution in [3.63, 3.8) is 0 Å². The SMILES string of the molecule is CC(C)CN1CCCCC(N)C1c1cc(Br)cs1. The molecule has 4 heteroatoms. The molecule has 0 radical (unpaired) electrons. The molecule has 1 aromatic rings. The fourth-order valence-electron chi connectivity index (χ4n) is 2.81. The van der Waals surface area contributed by atoms with Gasteiger partial charge in [0.15, 0.2) is 0 Å². The summed E-state index contributed by atoms with van der Waals surface area (Å²) >= 11 is 5.39. The summed E-state index contributed by atoms with van der Waals surface area (Å²) in [6.07, 6.45) is 3.69. The first-order valence-electron chi connectivity index (χ1n) is 6.81. The van der Waals surface area contributed by atoms with Crippen LogP contribution in [0.5, 0.6) is 0 Å². The highest BCUT2D eigenvalue weighted by atomic mass is 79.9. The Morgan fingerprint density at radius 2 is 2.28 bits per heavy atom. The van der Waals surface area contributed by atoms with E-state index >= 15 is 0 Å². The summed E-state index contributed by atoms with van der Waals surface area (Å²) in [4.78, 5) is 4.01. The van der Waals surface area contributed by atoms with Gasteiger partial charge in [0, 0.05) is 27.3 Å². The molecule has 0 aliphatic carbocycles. The molecule has 0 spiro atoms. The molecule has 2 atom stereocenters. The van der Waals surface area contributed by atoms with Crippen LogP contribution >= 0.6 is 27.3 Å². The Bertz CT molecular complexity index is 378. The molecule has 102 valence electrons. The van der Waals surface area contributed by atoms with Gasteiger partial charge in [-0.1, -0.05) is 20.3 Å². The third-order valence-corrected chi connectivity index (χ3v) is 5.27. The average Bonchev–Trinajstić information content (AvgIpc) is 2.62. The first-order valence-corrected chi connectivity index (χ1v) is 8.48. The van der Waals surface area contributed by atoms with E-state index in [1.54, 1.807) is 0 Å². The van der Waals surface area contributed by atoms with Crippen LogP contribution in [0.2, 0.25) is 0 Å². The largest absolute Gasteiger partial charge is 0.326 e. The molecule has 0 bridgehead atoms. The molecule has 2 nitrogen and oxygen atoms in total. The first kappa shape index (κ1) is 14.5. The van der Waals surface area contributed by atoms with Gasteiger partial charge in [-0.25, -0.2) is 0 Å². The Hall–Kier alpha value is 0.1000. The molecule has 1 aliphatic rings. The maximum Gasteiger partial charge on any atom is 0.0593 e. The normalized spacial score (nSPS) is 26.5. The number of nitrogens with zero attached hydrogens (tertiary/aromatic N) is 1. The Labute approximate surface area is 123 Å². The van der Waals surface area contributed by atoms with Crippen molar-refractivity contribution in [1.29, 1.82) is 0 Å². The van der Waals surface area contributed by atoms with E-state index in [4.69, 9.17) is 5.73 Å². The third-order valence-electron chi connectivity index (χ3n) is 3.51. The lowest BCUT2D eigenvalue weighted by Crippen LogP contribution is -2.41. The van der Waals surface area contributed by atoms with Crippen LogP contribution in [0.25, 0.3) is 0 Å². The van der Waals surface area contributed by atoms with E-state index in [9.17, 15) is 0 Å². The van der Waals surface area contributed by atoms with Crippen molar-refractivity contribution in [2.75, 3.05) is 13.1 Å². The number of hydrogen-bond acceptors (Lipinski definition) is 3. The second-order valence-corrected chi connectivity index (χ2v) is 7.52. The van der Waals surface area contributed by atoms with E-state index in [1.165, 1.54) is 28.7 Å². The molecule has 2 rings (SSSR count). The van der Waals surface area contributed by atoms with Crippen molar-refractivity contribution in [2.24, 2.45) is 11.7 Å². The predicted molar refractivity (Wildman–Crippen MR) is 83.0 cm³/mol. The van der Waals surface area contributed by atoms with E-state index in [0.717, 1.165) is 13.0 Å². The number of hydrogen-bond donors (Lipinski definition) is 1. The number of halogens is 1. The van der Waals surface area contributed by atoms with Gasteiger partial charge in [0.05, 0.1) is 6.04 Å². The third kappa shape index (κ3) is 3.56. The van der Waals surface area contributed by atoms with Crippen molar-refractivity contribution in [1.82, 2.24) is 4.90 Å². The predicted octanol–water partition coefficient (Wildman–Crippen LogP) is 4.02. The number of thiophene rings is 1. The summed E-state index contributed by atoms with van der Waals surface area (Å²) in [5, 5.41) is 2.17. The molecule has 1 fully saturated rings. The summed E-state index contributed by atoms with van der Waals surface area (Å²) in [6.45, 7) is 6.91. The van der Waals surface area contributed by atoms with Gasteiger partial charge in [0.1, 0.15) is 0 Å². The molecular weight excluding hydrogens is 308 g/mol. The smallest absolute Gasteiger partial charge is 0.0593 e. The van der Waals surface area contributed by atoms with Crippen LogP contribution in [0.3, 0.4) is 0 Å². The van der Waals surface area contributed by atoms with Crippen LogP contribution in [-0.2, 0) is 0 Å². The summed E-state index contributed by atoms with van der Waals surface area (Å²) in [5.74, 6) is 0.696. The molecule has 2 N–H and O–H groups in total. The summed E-state index contributed by atoms with van der Waals surface area (Å²) in [5.41, 5.74) is 6.44. The highest BCUT2D eigenvalue weighted by molar-refractivity contribution is 9.10. The zero-order chi connectivity index (χ0) is 13.1. The van der Waals surface area contributed by atoms with Gasteiger partial charge in [-0.15, -0.1) is 11.3 Å². The molecule has 0 aromatic carbocycles. The Morgan fingerprint density at radius 3 is 2.89 bits per heavy atom. The van der Waals surface area contributed by atoms with E-state index in [-0.39, 0.29) is 6.04 Å². The molecule has 1 saturated heterocycles. The van der Waals surface area contributed by atoms with Gasteiger partial charge in [0.25, 0.3) is 0 Å². The average molecular weight is 331 g/mol. The maximum absolute atomic E-state index is 6.44. The van der Waals surface area contributed by atoms with E-state index < -0.39 is 0 Å². The zero-order valence-electron chi connectivity index (χ0n) is 11.2. The molecule has 0 saturated carbocycles. The van der Waals surface area contributed by atoms with Crippen LogP contribution in [0, 0.1) is 5.92 Å². The minimum atomic E-state index is 0.275. The quantitative estimate of drug-likeness (QED) is 0.906. The lowest BCUT2D eigenvalue weighted by Gasteiger charge is -2.34. The first-order chi connectivity index (χ1) is 8.58. The summed E-state index contributed by atoms with van der Waals surface area (Å²) in [7, 11) is 0. The zero-order valence-corrected chi connectivity index (χ0v) is 13.6. The molecule has 0 amide bonds. The molecule has 18 heavy (non-hydrogen) atoms. The lowest BCUT2D eigenvalue weighted by atomic mass is 10.0. The van der Waals surface area contributed by atoms with Crippen LogP contribution in [0.4, 0.5) is 0 Å². The molecular formula is C14H23BrN2S. The van der Waals surface area contributed by atoms with Crippen molar-refractivity contribution >= 4 is 27.3 Å². The highest BCUT2D eigenvalue weighted by Crippen LogP contribution is 2.35. The van der Waals surface area contributed by atoms with Gasteiger partial charge < -0.3 is 5.73 Å². The number of likely N-dealkylation sites (tertiary alicyclic amines) is 1. The van der Waals surface area contributed by atoms with Crippen molar-refractivity contribution < 1.29 is 0 Å². The Morgan fingerprint density at radius 1 is 1.50 bits per heavy atom. The molecule has 2 unspecified atom stereocenters. The van der Waals surface area contributed by atoms with E-state index in [1.807, 2.05) is 11.3 Å². The number of nitrogens with two attached hydrogens (primary N) is 1. The monoisotopic (exact) mass is 330 g/mol. The van der Waals surface area contributed by atoms with Crippen LogP contribution in [0.1, 0.15) is 44.0 Å². The standard InChI is InChI=1S/C14H23BrN2S/c1-10(2)8-17-6-4-3-5-12(16)14(17)13-7-11(15)9-18-13/h7,9-10,12,14H,3-6,8,16H2,1-2H3. The lowest BCUT2D eigenvalue weighted by molar-refractivity contribution is 0.168. The topological polar surface area (TPSA) is 29.3 Å². The van der Waals surface area contributed by atoms with E-state index in [0.29, 0.717) is 12.0 Å². The summed E-state index contributed by atoms with van der Waals surface area (Å²) < 4.78 is 1.18. The highest BCUT2D eigenvalue weighted by Gasteiger charge is 2.30. The van der Waals surface area contributed by atoms with Gasteiger partial charge in [-0.05, 0) is 47.3 Å². The second-order valence-electron chi connectivity index (χ2n) is 5.66. The van der Waals surface area contributed by atoms with E-state index in [2.05, 4.69) is 46.1 Å². The van der Waals surface area contributed by atoms with Crippen molar-refractivity contribution in [3.8, 4) is 0 Å².